The summed E-state index contributed by atoms with van der Waals surface area (Å²) < 4.78 is 0. The summed E-state index contributed by atoms with van der Waals surface area (Å²) in [6.45, 7) is 6.17. The Kier molecular flexibility index (Phi) is 13.1. The van der Waals surface area contributed by atoms with Crippen molar-refractivity contribution in [1.82, 2.24) is 0 Å². The molecule has 3 heteroatoms. The minimum absolute atomic E-state index is 0.167. The molecule has 0 aliphatic rings. The summed E-state index contributed by atoms with van der Waals surface area (Å²) in [5, 5.41) is 15.4. The van der Waals surface area contributed by atoms with Crippen molar-refractivity contribution in [2.24, 2.45) is 0 Å². The van der Waals surface area contributed by atoms with Crippen LogP contribution < -0.4 is 0 Å². The van der Waals surface area contributed by atoms with Crippen LogP contribution in [0.4, 0.5) is 0 Å². The van der Waals surface area contributed by atoms with Gasteiger partial charge in [-0.3, -0.25) is 4.79 Å². The van der Waals surface area contributed by atoms with Crippen LogP contribution in [-0.4, -0.2) is 23.3 Å². The lowest BCUT2D eigenvalue weighted by molar-refractivity contribution is -0.122. The average molecular weight is 200 g/mol. The van der Waals surface area contributed by atoms with Gasteiger partial charge in [-0.25, -0.2) is 0 Å². The van der Waals surface area contributed by atoms with Crippen molar-refractivity contribution in [3.8, 4) is 0 Å². The van der Waals surface area contributed by atoms with Gasteiger partial charge in [-0.05, 0) is 33.6 Å². The van der Waals surface area contributed by atoms with Crippen LogP contribution in [0.2, 0.25) is 0 Å². The average Bonchev–Trinajstić information content (AvgIpc) is 2.05. The zero-order valence-electron chi connectivity index (χ0n) is 9.16. The first-order valence-corrected chi connectivity index (χ1v) is 4.56. The number of hydrogen-bond acceptors (Lipinski definition) is 2. The first kappa shape index (κ1) is 15.4. The molecule has 0 rings (SSSR count). The van der Waals surface area contributed by atoms with Gasteiger partial charge in [0.25, 0.3) is 6.47 Å². The van der Waals surface area contributed by atoms with Gasteiger partial charge < -0.3 is 10.2 Å². The van der Waals surface area contributed by atoms with Crippen molar-refractivity contribution >= 4 is 6.47 Å². The molecule has 0 atom stereocenters. The van der Waals surface area contributed by atoms with Crippen molar-refractivity contribution in [1.29, 1.82) is 0 Å². The van der Waals surface area contributed by atoms with E-state index in [-0.39, 0.29) is 13.1 Å². The normalized spacial score (nSPS) is 9.86. The summed E-state index contributed by atoms with van der Waals surface area (Å²) in [4.78, 5) is 8.36. The molecule has 2 N–H and O–H groups in total. The predicted molar refractivity (Wildman–Crippen MR) is 58.2 cm³/mol. The van der Waals surface area contributed by atoms with Crippen molar-refractivity contribution in [3.05, 3.63) is 23.3 Å². The third-order valence-corrected chi connectivity index (χ3v) is 1.53. The van der Waals surface area contributed by atoms with E-state index in [4.69, 9.17) is 15.0 Å². The molecule has 0 bridgehead atoms. The Balaban J connectivity index is 0. The predicted octanol–water partition coefficient (Wildman–Crippen LogP) is 2.37. The maximum absolute atomic E-state index is 8.55. The quantitative estimate of drug-likeness (QED) is 0.541. The second-order valence-electron chi connectivity index (χ2n) is 3.16. The number of hydrogen-bond donors (Lipinski definition) is 2. The highest BCUT2D eigenvalue weighted by Crippen LogP contribution is 2.05. The van der Waals surface area contributed by atoms with Crippen LogP contribution >= 0.6 is 0 Å². The second-order valence-corrected chi connectivity index (χ2v) is 3.16. The van der Waals surface area contributed by atoms with E-state index in [1.165, 1.54) is 11.1 Å². The molecule has 0 saturated carbocycles. The van der Waals surface area contributed by atoms with E-state index in [0.29, 0.717) is 0 Å². The van der Waals surface area contributed by atoms with Crippen LogP contribution in [0.1, 0.15) is 33.6 Å². The third kappa shape index (κ3) is 17.1. The molecule has 0 radical (unpaired) electrons. The number of carbonyl (C=O) groups is 1. The van der Waals surface area contributed by atoms with Gasteiger partial charge in [-0.2, -0.15) is 0 Å². The van der Waals surface area contributed by atoms with E-state index < -0.39 is 0 Å². The fourth-order valence-electron chi connectivity index (χ4n) is 0.846. The van der Waals surface area contributed by atoms with Crippen molar-refractivity contribution < 1.29 is 15.0 Å². The molecule has 3 nitrogen and oxygen atoms in total. The molecule has 0 aliphatic heterocycles. The van der Waals surface area contributed by atoms with Crippen molar-refractivity contribution in [2.45, 2.75) is 33.6 Å². The standard InChI is InChI=1S/C10H18O.CH2O2/c1-9(2)5-4-6-10(3)7-8-11;2-1-3/h5,7,11H,4,6,8H2,1-3H3;1H,(H,2,3). The van der Waals surface area contributed by atoms with Gasteiger partial charge in [0.2, 0.25) is 0 Å². The van der Waals surface area contributed by atoms with E-state index >= 15 is 0 Å². The van der Waals surface area contributed by atoms with Gasteiger partial charge >= 0.3 is 0 Å². The molecule has 0 fully saturated rings. The molecule has 0 aromatic carbocycles. The van der Waals surface area contributed by atoms with E-state index in [9.17, 15) is 0 Å². The molecule has 0 aromatic rings. The lowest BCUT2D eigenvalue weighted by Gasteiger charge is -1.96. The highest BCUT2D eigenvalue weighted by molar-refractivity contribution is 5.32. The molecular weight excluding hydrogens is 180 g/mol. The van der Waals surface area contributed by atoms with E-state index in [1.807, 2.05) is 6.08 Å². The number of aliphatic hydroxyl groups excluding tert-OH is 1. The Morgan fingerprint density at radius 3 is 2.07 bits per heavy atom. The van der Waals surface area contributed by atoms with Gasteiger partial charge in [0.05, 0.1) is 6.61 Å². The Labute approximate surface area is 85.8 Å². The van der Waals surface area contributed by atoms with Crippen LogP contribution in [0, 0.1) is 0 Å². The number of carboxylic acid groups (broad SMARTS) is 1. The Morgan fingerprint density at radius 2 is 1.71 bits per heavy atom. The Bertz CT molecular complexity index is 189. The first-order valence-electron chi connectivity index (χ1n) is 4.56. The lowest BCUT2D eigenvalue weighted by atomic mass is 10.1. The summed E-state index contributed by atoms with van der Waals surface area (Å²) in [6, 6.07) is 0. The molecule has 14 heavy (non-hydrogen) atoms. The summed E-state index contributed by atoms with van der Waals surface area (Å²) in [5.41, 5.74) is 2.63. The van der Waals surface area contributed by atoms with Gasteiger partial charge in [0, 0.05) is 0 Å². The minimum atomic E-state index is -0.250. The maximum atomic E-state index is 8.55. The zero-order valence-corrected chi connectivity index (χ0v) is 9.16. The van der Waals surface area contributed by atoms with Crippen LogP contribution in [0.5, 0.6) is 0 Å². The molecule has 0 amide bonds. The maximum Gasteiger partial charge on any atom is 0.290 e. The highest BCUT2D eigenvalue weighted by atomic mass is 16.3. The van der Waals surface area contributed by atoms with Crippen LogP contribution in [0.3, 0.4) is 0 Å². The zero-order chi connectivity index (χ0) is 11.4. The van der Waals surface area contributed by atoms with E-state index in [1.54, 1.807) is 0 Å². The molecule has 82 valence electrons. The first-order chi connectivity index (χ1) is 6.58. The van der Waals surface area contributed by atoms with Crippen molar-refractivity contribution in [2.75, 3.05) is 6.61 Å². The lowest BCUT2D eigenvalue weighted by Crippen LogP contribution is -1.80. The molecule has 0 unspecified atom stereocenters. The third-order valence-electron chi connectivity index (χ3n) is 1.53. The Hall–Kier alpha value is -1.09. The number of aliphatic hydroxyl groups is 1. The van der Waals surface area contributed by atoms with Crippen LogP contribution in [0.15, 0.2) is 23.3 Å². The molecule has 0 aromatic heterocycles. The van der Waals surface area contributed by atoms with Crippen LogP contribution in [0.25, 0.3) is 0 Å². The summed E-state index contributed by atoms with van der Waals surface area (Å²) >= 11 is 0. The molecule has 0 aliphatic carbocycles. The number of allylic oxidation sites excluding steroid dienone is 3. The van der Waals surface area contributed by atoms with E-state index in [0.717, 1.165) is 12.8 Å². The van der Waals surface area contributed by atoms with Gasteiger partial charge in [0.1, 0.15) is 0 Å². The summed E-state index contributed by atoms with van der Waals surface area (Å²) in [5.74, 6) is 0. The van der Waals surface area contributed by atoms with E-state index in [2.05, 4.69) is 26.8 Å². The van der Waals surface area contributed by atoms with Gasteiger partial charge in [-0.15, -0.1) is 0 Å². The number of rotatable bonds is 4. The second kappa shape index (κ2) is 11.9. The fourth-order valence-corrected chi connectivity index (χ4v) is 0.846. The highest BCUT2D eigenvalue weighted by Gasteiger charge is 1.86. The minimum Gasteiger partial charge on any atom is -0.483 e. The smallest absolute Gasteiger partial charge is 0.290 e. The fraction of sp³-hybridized carbons (Fsp3) is 0.545. The largest absolute Gasteiger partial charge is 0.483 e. The monoisotopic (exact) mass is 200 g/mol. The summed E-state index contributed by atoms with van der Waals surface area (Å²) in [7, 11) is 0. The molecule has 0 saturated heterocycles. The Morgan fingerprint density at radius 1 is 1.21 bits per heavy atom. The van der Waals surface area contributed by atoms with Gasteiger partial charge in [0.15, 0.2) is 0 Å². The van der Waals surface area contributed by atoms with Crippen LogP contribution in [-0.2, 0) is 4.79 Å². The molecular formula is C11H20O3. The molecule has 0 heterocycles. The van der Waals surface area contributed by atoms with Gasteiger partial charge in [-0.1, -0.05) is 23.3 Å². The SMILES string of the molecule is CC(C)=CCCC(C)=CCO.O=CO. The molecule has 0 spiro atoms. The topological polar surface area (TPSA) is 57.5 Å². The summed E-state index contributed by atoms with van der Waals surface area (Å²) in [6.07, 6.45) is 6.23. The van der Waals surface area contributed by atoms with Crippen molar-refractivity contribution in [3.63, 3.8) is 0 Å².